The number of ether oxygens (including phenoxy) is 1. The molecule has 0 amide bonds. The minimum atomic E-state index is 0. The molecule has 29 heavy (non-hydrogen) atoms. The average Bonchev–Trinajstić information content (AvgIpc) is 2.76. The van der Waals surface area contributed by atoms with E-state index in [0.717, 1.165) is 43.3 Å². The second-order valence-electron chi connectivity index (χ2n) is 7.00. The number of para-hydroxylation sites is 1. The predicted molar refractivity (Wildman–Crippen MR) is 129 cm³/mol. The van der Waals surface area contributed by atoms with Crippen molar-refractivity contribution >= 4 is 40.7 Å². The van der Waals surface area contributed by atoms with Gasteiger partial charge in [-0.1, -0.05) is 42.5 Å². The summed E-state index contributed by atoms with van der Waals surface area (Å²) < 4.78 is 6.10. The fourth-order valence-corrected chi connectivity index (χ4v) is 3.70. The van der Waals surface area contributed by atoms with Crippen LogP contribution in [0.5, 0.6) is 5.75 Å². The Morgan fingerprint density at radius 2 is 1.79 bits per heavy atom. The van der Waals surface area contributed by atoms with E-state index in [1.807, 2.05) is 49.6 Å². The molecule has 1 fully saturated rings. The fraction of sp³-hybridized carbons (Fsp3) is 0.304. The van der Waals surface area contributed by atoms with Crippen LogP contribution in [0.4, 0.5) is 0 Å². The summed E-state index contributed by atoms with van der Waals surface area (Å²) in [6.45, 7) is 2.52. The molecule has 0 aliphatic carbocycles. The minimum Gasteiger partial charge on any atom is -0.490 e. The highest BCUT2D eigenvalue weighted by Crippen LogP contribution is 2.19. The van der Waals surface area contributed by atoms with E-state index in [4.69, 9.17) is 4.74 Å². The maximum Gasteiger partial charge on any atom is 0.193 e. The van der Waals surface area contributed by atoms with Gasteiger partial charge >= 0.3 is 0 Å². The third-order valence-electron chi connectivity index (χ3n) is 5.17. The summed E-state index contributed by atoms with van der Waals surface area (Å²) >= 11 is 0. The molecule has 0 radical (unpaired) electrons. The van der Waals surface area contributed by atoms with E-state index in [-0.39, 0.29) is 30.1 Å². The number of aliphatic imine (C=N–C) groups is 1. The molecule has 3 aromatic rings. The Morgan fingerprint density at radius 3 is 2.55 bits per heavy atom. The van der Waals surface area contributed by atoms with Crippen LogP contribution in [0.3, 0.4) is 0 Å². The zero-order chi connectivity index (χ0) is 19.2. The van der Waals surface area contributed by atoms with Gasteiger partial charge in [-0.2, -0.15) is 0 Å². The van der Waals surface area contributed by atoms with Crippen molar-refractivity contribution in [1.29, 1.82) is 0 Å². The van der Waals surface area contributed by atoms with Crippen molar-refractivity contribution in [3.63, 3.8) is 0 Å². The quantitative estimate of drug-likeness (QED) is 0.325. The molecule has 1 aliphatic heterocycles. The number of halogens is 1. The van der Waals surface area contributed by atoms with Crippen LogP contribution in [0.15, 0.2) is 71.9 Å². The number of hydrogen-bond acceptors (Lipinski definition) is 3. The van der Waals surface area contributed by atoms with Gasteiger partial charge in [0.25, 0.3) is 0 Å². The normalized spacial score (nSPS) is 15.1. The van der Waals surface area contributed by atoms with Crippen LogP contribution in [-0.4, -0.2) is 42.1 Å². The van der Waals surface area contributed by atoms with Gasteiger partial charge in [0.05, 0.1) is 12.2 Å². The van der Waals surface area contributed by atoms with Gasteiger partial charge in [-0.15, -0.1) is 24.0 Å². The largest absolute Gasteiger partial charge is 0.490 e. The Balaban J connectivity index is 0.00000240. The molecule has 4 rings (SSSR count). The van der Waals surface area contributed by atoms with Crippen LogP contribution in [-0.2, 0) is 6.54 Å². The number of hydrogen-bond donors (Lipinski definition) is 1. The van der Waals surface area contributed by atoms with Crippen LogP contribution < -0.4 is 10.1 Å². The monoisotopic (exact) mass is 502 g/mol. The smallest absolute Gasteiger partial charge is 0.193 e. The molecule has 5 nitrogen and oxygen atoms in total. The SMILES string of the molecule is CN=C(NCc1nccc2ccccc12)N1CCC(Oc2ccccc2)CC1.I. The highest BCUT2D eigenvalue weighted by atomic mass is 127. The van der Waals surface area contributed by atoms with Gasteiger partial charge in [-0.05, 0) is 23.6 Å². The van der Waals surface area contributed by atoms with E-state index >= 15 is 0 Å². The van der Waals surface area contributed by atoms with Gasteiger partial charge in [0.1, 0.15) is 11.9 Å². The maximum absolute atomic E-state index is 6.10. The maximum atomic E-state index is 6.10. The van der Waals surface area contributed by atoms with Crippen molar-refractivity contribution in [3.8, 4) is 5.75 Å². The Hall–Kier alpha value is -2.35. The number of likely N-dealkylation sites (tertiary alicyclic amines) is 1. The molecule has 0 spiro atoms. The number of benzene rings is 2. The second-order valence-corrected chi connectivity index (χ2v) is 7.00. The Bertz CT molecular complexity index is 935. The van der Waals surface area contributed by atoms with Crippen molar-refractivity contribution in [3.05, 3.63) is 72.6 Å². The number of rotatable bonds is 4. The first-order chi connectivity index (χ1) is 13.8. The van der Waals surface area contributed by atoms with Crippen molar-refractivity contribution in [2.75, 3.05) is 20.1 Å². The van der Waals surface area contributed by atoms with E-state index in [1.54, 1.807) is 0 Å². The number of nitrogens with zero attached hydrogens (tertiary/aromatic N) is 3. The summed E-state index contributed by atoms with van der Waals surface area (Å²) in [7, 11) is 1.84. The highest BCUT2D eigenvalue weighted by Gasteiger charge is 2.22. The molecule has 0 saturated carbocycles. The topological polar surface area (TPSA) is 49.8 Å². The van der Waals surface area contributed by atoms with Gasteiger partial charge < -0.3 is 15.0 Å². The fourth-order valence-electron chi connectivity index (χ4n) is 3.70. The van der Waals surface area contributed by atoms with Crippen LogP contribution in [0.2, 0.25) is 0 Å². The molecule has 0 atom stereocenters. The van der Waals surface area contributed by atoms with Gasteiger partial charge in [0.15, 0.2) is 5.96 Å². The molecule has 0 unspecified atom stereocenters. The first-order valence-electron chi connectivity index (χ1n) is 9.83. The molecule has 2 aromatic carbocycles. The number of nitrogens with one attached hydrogen (secondary N) is 1. The molecular weight excluding hydrogens is 475 g/mol. The molecule has 1 aliphatic rings. The molecular formula is C23H27IN4O. The minimum absolute atomic E-state index is 0. The van der Waals surface area contributed by atoms with E-state index in [0.29, 0.717) is 6.54 Å². The van der Waals surface area contributed by atoms with E-state index in [2.05, 4.69) is 44.5 Å². The standard InChI is InChI=1S/C23H26N4O.HI/c1-24-23(26-17-22-21-10-6-5-7-18(21)11-14-25-22)27-15-12-20(13-16-27)28-19-8-3-2-4-9-19;/h2-11,14,20H,12-13,15-17H2,1H3,(H,24,26);1H. The van der Waals surface area contributed by atoms with Crippen molar-refractivity contribution < 1.29 is 4.74 Å². The summed E-state index contributed by atoms with van der Waals surface area (Å²) in [6, 6.07) is 20.5. The molecule has 1 aromatic heterocycles. The predicted octanol–water partition coefficient (Wildman–Crippen LogP) is 4.47. The molecule has 1 saturated heterocycles. The summed E-state index contributed by atoms with van der Waals surface area (Å²) in [4.78, 5) is 11.3. The second kappa shape index (κ2) is 10.4. The van der Waals surface area contributed by atoms with Gasteiger partial charge in [0.2, 0.25) is 0 Å². The zero-order valence-electron chi connectivity index (χ0n) is 16.6. The summed E-state index contributed by atoms with van der Waals surface area (Å²) in [5.41, 5.74) is 1.04. The number of aromatic nitrogens is 1. The highest BCUT2D eigenvalue weighted by molar-refractivity contribution is 14.0. The first-order valence-corrected chi connectivity index (χ1v) is 9.83. The van der Waals surface area contributed by atoms with Gasteiger partial charge in [-0.3, -0.25) is 9.98 Å². The number of piperidine rings is 1. The molecule has 1 N–H and O–H groups in total. The van der Waals surface area contributed by atoms with Crippen molar-refractivity contribution in [1.82, 2.24) is 15.2 Å². The van der Waals surface area contributed by atoms with Crippen molar-refractivity contribution in [2.24, 2.45) is 4.99 Å². The Labute approximate surface area is 189 Å². The Kier molecular flexibility index (Phi) is 7.69. The molecule has 0 bridgehead atoms. The number of pyridine rings is 1. The lowest BCUT2D eigenvalue weighted by Gasteiger charge is -2.34. The lowest BCUT2D eigenvalue weighted by Crippen LogP contribution is -2.47. The Morgan fingerprint density at radius 1 is 1.07 bits per heavy atom. The third kappa shape index (κ3) is 5.38. The summed E-state index contributed by atoms with van der Waals surface area (Å²) in [5.74, 6) is 1.87. The zero-order valence-corrected chi connectivity index (χ0v) is 19.0. The van der Waals surface area contributed by atoms with E-state index in [9.17, 15) is 0 Å². The molecule has 6 heteroatoms. The van der Waals surface area contributed by atoms with Gasteiger partial charge in [0, 0.05) is 44.6 Å². The molecule has 152 valence electrons. The average molecular weight is 502 g/mol. The third-order valence-corrected chi connectivity index (χ3v) is 5.17. The van der Waals surface area contributed by atoms with Crippen LogP contribution in [0.1, 0.15) is 18.5 Å². The van der Waals surface area contributed by atoms with Gasteiger partial charge in [-0.25, -0.2) is 0 Å². The lowest BCUT2D eigenvalue weighted by molar-refractivity contribution is 0.129. The lowest BCUT2D eigenvalue weighted by atomic mass is 10.1. The number of fused-ring (bicyclic) bond motifs is 1. The van der Waals surface area contributed by atoms with E-state index < -0.39 is 0 Å². The van der Waals surface area contributed by atoms with Crippen LogP contribution in [0, 0.1) is 0 Å². The van der Waals surface area contributed by atoms with Crippen LogP contribution in [0.25, 0.3) is 10.8 Å². The number of guanidine groups is 1. The summed E-state index contributed by atoms with van der Waals surface area (Å²) in [5, 5.41) is 5.88. The van der Waals surface area contributed by atoms with Crippen LogP contribution >= 0.6 is 24.0 Å². The summed E-state index contributed by atoms with van der Waals surface area (Å²) in [6.07, 6.45) is 4.11. The van der Waals surface area contributed by atoms with Crippen molar-refractivity contribution in [2.45, 2.75) is 25.5 Å². The first kappa shape index (κ1) is 21.4. The molecule has 2 heterocycles. The van der Waals surface area contributed by atoms with E-state index in [1.165, 1.54) is 10.8 Å².